The summed E-state index contributed by atoms with van der Waals surface area (Å²) in [7, 11) is 1.39. The van der Waals surface area contributed by atoms with Gasteiger partial charge in [0.1, 0.15) is 6.61 Å². The standard InChI is InChI=1S/C7H11N5O3/c1-14-3-5(13)15-2-4-10-6(8)12-7(9)11-4/h2-3H2,1H3,(H4,8,9,10,11,12). The van der Waals surface area contributed by atoms with Crippen LogP contribution in [-0.4, -0.2) is 34.6 Å². The van der Waals surface area contributed by atoms with E-state index in [1.807, 2.05) is 0 Å². The molecule has 8 nitrogen and oxygen atoms in total. The smallest absolute Gasteiger partial charge is 0.332 e. The van der Waals surface area contributed by atoms with Crippen LogP contribution in [0.15, 0.2) is 0 Å². The molecule has 1 aromatic rings. The molecule has 82 valence electrons. The van der Waals surface area contributed by atoms with Gasteiger partial charge in [0.25, 0.3) is 0 Å². The molecule has 1 heterocycles. The van der Waals surface area contributed by atoms with Crippen LogP contribution in [0, 0.1) is 0 Å². The fraction of sp³-hybridized carbons (Fsp3) is 0.429. The summed E-state index contributed by atoms with van der Waals surface area (Å²) in [5.41, 5.74) is 10.6. The van der Waals surface area contributed by atoms with Crippen molar-refractivity contribution in [3.63, 3.8) is 0 Å². The molecule has 0 fully saturated rings. The van der Waals surface area contributed by atoms with Crippen LogP contribution in [-0.2, 0) is 20.9 Å². The Kier molecular flexibility index (Phi) is 3.75. The van der Waals surface area contributed by atoms with Gasteiger partial charge in [0.2, 0.25) is 11.9 Å². The van der Waals surface area contributed by atoms with Crippen LogP contribution >= 0.6 is 0 Å². The van der Waals surface area contributed by atoms with Gasteiger partial charge in [0.15, 0.2) is 12.4 Å². The number of methoxy groups -OCH3 is 1. The number of hydrogen-bond donors (Lipinski definition) is 2. The van der Waals surface area contributed by atoms with E-state index in [1.165, 1.54) is 7.11 Å². The van der Waals surface area contributed by atoms with Crippen molar-refractivity contribution >= 4 is 17.9 Å². The number of ether oxygens (including phenoxy) is 2. The van der Waals surface area contributed by atoms with Gasteiger partial charge in [0.05, 0.1) is 0 Å². The van der Waals surface area contributed by atoms with Crippen LogP contribution in [0.1, 0.15) is 5.82 Å². The van der Waals surface area contributed by atoms with E-state index in [2.05, 4.69) is 19.7 Å². The van der Waals surface area contributed by atoms with E-state index in [-0.39, 0.29) is 30.9 Å². The number of anilines is 2. The average Bonchev–Trinajstić information content (AvgIpc) is 2.14. The minimum atomic E-state index is -0.518. The molecule has 0 radical (unpaired) electrons. The van der Waals surface area contributed by atoms with Crippen molar-refractivity contribution in [2.75, 3.05) is 25.2 Å². The van der Waals surface area contributed by atoms with Crippen molar-refractivity contribution in [1.29, 1.82) is 0 Å². The second kappa shape index (κ2) is 5.05. The van der Waals surface area contributed by atoms with Crippen LogP contribution in [0.4, 0.5) is 11.9 Å². The molecule has 0 spiro atoms. The Morgan fingerprint density at radius 2 is 1.87 bits per heavy atom. The Morgan fingerprint density at radius 1 is 1.27 bits per heavy atom. The van der Waals surface area contributed by atoms with Gasteiger partial charge in [-0.3, -0.25) is 0 Å². The first kappa shape index (κ1) is 11.1. The third-order valence-electron chi connectivity index (χ3n) is 1.34. The van der Waals surface area contributed by atoms with Crippen molar-refractivity contribution < 1.29 is 14.3 Å². The molecule has 0 aromatic carbocycles. The number of hydrogen-bond acceptors (Lipinski definition) is 8. The predicted octanol–water partition coefficient (Wildman–Crippen LogP) is -1.27. The van der Waals surface area contributed by atoms with Gasteiger partial charge in [-0.25, -0.2) is 4.79 Å². The molecule has 0 aliphatic heterocycles. The SMILES string of the molecule is COCC(=O)OCc1nc(N)nc(N)n1. The minimum absolute atomic E-state index is 0.0136. The summed E-state index contributed by atoms with van der Waals surface area (Å²) in [6, 6.07) is 0. The molecular weight excluding hydrogens is 202 g/mol. The summed E-state index contributed by atoms with van der Waals surface area (Å²) < 4.78 is 9.31. The first-order valence-electron chi connectivity index (χ1n) is 4.02. The van der Waals surface area contributed by atoms with E-state index in [4.69, 9.17) is 16.2 Å². The zero-order valence-electron chi connectivity index (χ0n) is 8.14. The van der Waals surface area contributed by atoms with Gasteiger partial charge in [-0.1, -0.05) is 0 Å². The van der Waals surface area contributed by atoms with Gasteiger partial charge in [-0.2, -0.15) is 15.0 Å². The topological polar surface area (TPSA) is 126 Å². The van der Waals surface area contributed by atoms with E-state index in [0.29, 0.717) is 0 Å². The quantitative estimate of drug-likeness (QED) is 0.592. The summed E-state index contributed by atoms with van der Waals surface area (Å²) in [5, 5.41) is 0. The Bertz CT molecular complexity index is 336. The second-order valence-electron chi connectivity index (χ2n) is 2.56. The monoisotopic (exact) mass is 213 g/mol. The highest BCUT2D eigenvalue weighted by Crippen LogP contribution is 2.00. The van der Waals surface area contributed by atoms with Gasteiger partial charge >= 0.3 is 5.97 Å². The van der Waals surface area contributed by atoms with E-state index < -0.39 is 5.97 Å². The summed E-state index contributed by atoms with van der Waals surface area (Å²) in [6.07, 6.45) is 0. The number of esters is 1. The molecule has 0 aliphatic rings. The lowest BCUT2D eigenvalue weighted by Crippen LogP contribution is -2.14. The van der Waals surface area contributed by atoms with Crippen LogP contribution in [0.3, 0.4) is 0 Å². The molecule has 0 bridgehead atoms. The number of aromatic nitrogens is 3. The lowest BCUT2D eigenvalue weighted by atomic mass is 10.6. The van der Waals surface area contributed by atoms with Gasteiger partial charge in [0, 0.05) is 7.11 Å². The lowest BCUT2D eigenvalue weighted by molar-refractivity contribution is -0.149. The molecule has 0 aliphatic carbocycles. The van der Waals surface area contributed by atoms with Crippen molar-refractivity contribution in [2.24, 2.45) is 0 Å². The molecule has 0 atom stereocenters. The zero-order valence-corrected chi connectivity index (χ0v) is 8.14. The summed E-state index contributed by atoms with van der Waals surface area (Å²) >= 11 is 0. The average molecular weight is 213 g/mol. The van der Waals surface area contributed by atoms with Crippen molar-refractivity contribution in [2.45, 2.75) is 6.61 Å². The molecule has 1 aromatic heterocycles. The minimum Gasteiger partial charge on any atom is -0.456 e. The molecule has 0 saturated carbocycles. The summed E-state index contributed by atoms with van der Waals surface area (Å²) in [5.74, 6) is -0.347. The number of rotatable bonds is 4. The molecule has 4 N–H and O–H groups in total. The molecule has 15 heavy (non-hydrogen) atoms. The molecule has 1 rings (SSSR count). The molecule has 0 unspecified atom stereocenters. The fourth-order valence-electron chi connectivity index (χ4n) is 0.826. The highest BCUT2D eigenvalue weighted by atomic mass is 16.6. The molecule has 8 heteroatoms. The lowest BCUT2D eigenvalue weighted by Gasteiger charge is -2.03. The van der Waals surface area contributed by atoms with E-state index >= 15 is 0 Å². The van der Waals surface area contributed by atoms with Crippen LogP contribution in [0.5, 0.6) is 0 Å². The largest absolute Gasteiger partial charge is 0.456 e. The van der Waals surface area contributed by atoms with Crippen molar-refractivity contribution in [3.05, 3.63) is 5.82 Å². The highest BCUT2D eigenvalue weighted by molar-refractivity contribution is 5.70. The third-order valence-corrected chi connectivity index (χ3v) is 1.34. The fourth-order valence-corrected chi connectivity index (χ4v) is 0.826. The number of carbonyl (C=O) groups is 1. The molecular formula is C7H11N5O3. The van der Waals surface area contributed by atoms with Crippen molar-refractivity contribution in [1.82, 2.24) is 15.0 Å². The first-order chi connectivity index (χ1) is 7.11. The van der Waals surface area contributed by atoms with E-state index in [1.54, 1.807) is 0 Å². The Hall–Kier alpha value is -1.96. The van der Waals surface area contributed by atoms with E-state index in [9.17, 15) is 4.79 Å². The second-order valence-corrected chi connectivity index (χ2v) is 2.56. The molecule has 0 saturated heterocycles. The maximum atomic E-state index is 10.9. The number of nitrogens with two attached hydrogens (primary N) is 2. The van der Waals surface area contributed by atoms with Crippen molar-refractivity contribution in [3.8, 4) is 0 Å². The summed E-state index contributed by atoms with van der Waals surface area (Å²) in [6.45, 7) is -0.241. The Morgan fingerprint density at radius 3 is 2.40 bits per heavy atom. The number of carbonyl (C=O) groups excluding carboxylic acids is 1. The van der Waals surface area contributed by atoms with Gasteiger partial charge in [-0.05, 0) is 0 Å². The third kappa shape index (κ3) is 3.73. The Balaban J connectivity index is 2.54. The van der Waals surface area contributed by atoms with E-state index in [0.717, 1.165) is 0 Å². The van der Waals surface area contributed by atoms with Gasteiger partial charge in [-0.15, -0.1) is 0 Å². The van der Waals surface area contributed by atoms with Gasteiger partial charge < -0.3 is 20.9 Å². The highest BCUT2D eigenvalue weighted by Gasteiger charge is 2.06. The first-order valence-corrected chi connectivity index (χ1v) is 4.02. The number of nitrogen functional groups attached to an aromatic ring is 2. The number of nitrogens with zero attached hydrogens (tertiary/aromatic N) is 3. The maximum absolute atomic E-state index is 10.9. The molecule has 0 amide bonds. The predicted molar refractivity (Wildman–Crippen MR) is 50.3 cm³/mol. The van der Waals surface area contributed by atoms with Crippen LogP contribution in [0.2, 0.25) is 0 Å². The van der Waals surface area contributed by atoms with Crippen LogP contribution < -0.4 is 11.5 Å². The maximum Gasteiger partial charge on any atom is 0.332 e. The van der Waals surface area contributed by atoms with Crippen LogP contribution in [0.25, 0.3) is 0 Å². The zero-order chi connectivity index (χ0) is 11.3. The Labute approximate surface area is 85.6 Å². The normalized spacial score (nSPS) is 9.93. The summed E-state index contributed by atoms with van der Waals surface area (Å²) in [4.78, 5) is 21.9.